The van der Waals surface area contributed by atoms with Crippen LogP contribution in [0, 0.1) is 0 Å². The van der Waals surface area contributed by atoms with E-state index in [-0.39, 0.29) is 11.9 Å². The SMILES string of the molecule is C[C@@H](NC(=O)c1ccc2ccccc2n1)c1ccc(Cl)c(Cl)c1. The summed E-state index contributed by atoms with van der Waals surface area (Å²) in [5.74, 6) is -0.227. The number of halogens is 2. The first kappa shape index (κ1) is 15.8. The number of hydrogen-bond donors (Lipinski definition) is 1. The van der Waals surface area contributed by atoms with Crippen molar-refractivity contribution in [3.05, 3.63) is 75.9 Å². The van der Waals surface area contributed by atoms with Gasteiger partial charge in [-0.1, -0.05) is 53.5 Å². The van der Waals surface area contributed by atoms with Crippen molar-refractivity contribution in [1.82, 2.24) is 10.3 Å². The van der Waals surface area contributed by atoms with Gasteiger partial charge in [0.05, 0.1) is 21.6 Å². The van der Waals surface area contributed by atoms with Gasteiger partial charge >= 0.3 is 0 Å². The highest BCUT2D eigenvalue weighted by atomic mass is 35.5. The van der Waals surface area contributed by atoms with Crippen molar-refractivity contribution in [2.45, 2.75) is 13.0 Å². The average molecular weight is 345 g/mol. The number of nitrogens with zero attached hydrogens (tertiary/aromatic N) is 1. The summed E-state index contributed by atoms with van der Waals surface area (Å²) in [4.78, 5) is 16.8. The Morgan fingerprint density at radius 3 is 2.61 bits per heavy atom. The highest BCUT2D eigenvalue weighted by molar-refractivity contribution is 6.42. The van der Waals surface area contributed by atoms with E-state index in [0.29, 0.717) is 15.7 Å². The Morgan fingerprint density at radius 1 is 1.04 bits per heavy atom. The summed E-state index contributed by atoms with van der Waals surface area (Å²) in [6.07, 6.45) is 0. The molecule has 1 N–H and O–H groups in total. The average Bonchev–Trinajstić information content (AvgIpc) is 2.56. The molecule has 0 aliphatic rings. The van der Waals surface area contributed by atoms with Gasteiger partial charge in [0.25, 0.3) is 5.91 Å². The van der Waals surface area contributed by atoms with Gasteiger partial charge in [-0.05, 0) is 36.8 Å². The lowest BCUT2D eigenvalue weighted by molar-refractivity contribution is 0.0935. The Hall–Kier alpha value is -2.10. The first-order chi connectivity index (χ1) is 11.0. The standard InChI is InChI=1S/C18H14Cl2N2O/c1-11(13-6-8-14(19)15(20)10-13)21-18(23)17-9-7-12-4-2-3-5-16(12)22-17/h2-11H,1H3,(H,21,23)/t11-/m1/s1. The minimum Gasteiger partial charge on any atom is -0.344 e. The van der Waals surface area contributed by atoms with Gasteiger partial charge in [-0.15, -0.1) is 0 Å². The number of fused-ring (bicyclic) bond motifs is 1. The molecule has 1 amide bonds. The number of benzene rings is 2. The fraction of sp³-hybridized carbons (Fsp3) is 0.111. The van der Waals surface area contributed by atoms with E-state index in [4.69, 9.17) is 23.2 Å². The number of nitrogens with one attached hydrogen (secondary N) is 1. The van der Waals surface area contributed by atoms with Crippen molar-refractivity contribution < 1.29 is 4.79 Å². The van der Waals surface area contributed by atoms with E-state index in [1.807, 2.05) is 43.3 Å². The summed E-state index contributed by atoms with van der Waals surface area (Å²) in [6, 6.07) is 16.4. The van der Waals surface area contributed by atoms with Gasteiger partial charge in [0.1, 0.15) is 5.69 Å². The molecule has 3 nitrogen and oxygen atoms in total. The molecule has 0 saturated heterocycles. The second-order valence-electron chi connectivity index (χ2n) is 5.26. The zero-order valence-corrected chi connectivity index (χ0v) is 13.9. The molecular weight excluding hydrogens is 331 g/mol. The first-order valence-corrected chi connectivity index (χ1v) is 7.92. The molecule has 1 atom stereocenters. The summed E-state index contributed by atoms with van der Waals surface area (Å²) >= 11 is 11.9. The third-order valence-electron chi connectivity index (χ3n) is 3.62. The Bertz CT molecular complexity index is 880. The molecule has 0 bridgehead atoms. The third kappa shape index (κ3) is 3.46. The molecule has 0 unspecified atom stereocenters. The number of carbonyl (C=O) groups excluding carboxylic acids is 1. The summed E-state index contributed by atoms with van der Waals surface area (Å²) < 4.78 is 0. The predicted octanol–water partition coefficient (Wildman–Crippen LogP) is 5.03. The van der Waals surface area contributed by atoms with Crippen LogP contribution in [0.5, 0.6) is 0 Å². The van der Waals surface area contributed by atoms with Crippen LogP contribution in [-0.2, 0) is 0 Å². The van der Waals surface area contributed by atoms with Crippen molar-refractivity contribution in [1.29, 1.82) is 0 Å². The van der Waals surface area contributed by atoms with E-state index >= 15 is 0 Å². The fourth-order valence-corrected chi connectivity index (χ4v) is 2.63. The Kier molecular flexibility index (Phi) is 4.51. The summed E-state index contributed by atoms with van der Waals surface area (Å²) in [6.45, 7) is 1.89. The van der Waals surface area contributed by atoms with Gasteiger partial charge in [0, 0.05) is 5.39 Å². The monoisotopic (exact) mass is 344 g/mol. The molecule has 0 saturated carbocycles. The van der Waals surface area contributed by atoms with Gasteiger partial charge in [-0.3, -0.25) is 4.79 Å². The molecular formula is C18H14Cl2N2O. The van der Waals surface area contributed by atoms with Crippen LogP contribution in [0.3, 0.4) is 0 Å². The van der Waals surface area contributed by atoms with Crippen molar-refractivity contribution >= 4 is 40.0 Å². The van der Waals surface area contributed by atoms with Crippen molar-refractivity contribution in [3.63, 3.8) is 0 Å². The van der Waals surface area contributed by atoms with E-state index in [9.17, 15) is 4.79 Å². The molecule has 0 aliphatic heterocycles. The number of aromatic nitrogens is 1. The van der Waals surface area contributed by atoms with Gasteiger partial charge < -0.3 is 5.32 Å². The zero-order valence-electron chi connectivity index (χ0n) is 12.4. The normalized spacial score (nSPS) is 12.1. The molecule has 2 aromatic carbocycles. The molecule has 23 heavy (non-hydrogen) atoms. The lowest BCUT2D eigenvalue weighted by atomic mass is 10.1. The van der Waals surface area contributed by atoms with Crippen LogP contribution in [0.15, 0.2) is 54.6 Å². The number of para-hydroxylation sites is 1. The smallest absolute Gasteiger partial charge is 0.270 e. The van der Waals surface area contributed by atoms with Crippen molar-refractivity contribution in [3.8, 4) is 0 Å². The third-order valence-corrected chi connectivity index (χ3v) is 4.36. The van der Waals surface area contributed by atoms with Crippen molar-refractivity contribution in [2.24, 2.45) is 0 Å². The van der Waals surface area contributed by atoms with Crippen LogP contribution in [0.1, 0.15) is 29.0 Å². The van der Waals surface area contributed by atoms with Crippen LogP contribution >= 0.6 is 23.2 Å². The largest absolute Gasteiger partial charge is 0.344 e. The molecule has 0 fully saturated rings. The molecule has 1 heterocycles. The minimum absolute atomic E-state index is 0.203. The summed E-state index contributed by atoms with van der Waals surface area (Å²) in [5.41, 5.74) is 2.06. The van der Waals surface area contributed by atoms with E-state index in [0.717, 1.165) is 16.5 Å². The fourth-order valence-electron chi connectivity index (χ4n) is 2.33. The van der Waals surface area contributed by atoms with Gasteiger partial charge in [0.2, 0.25) is 0 Å². The van der Waals surface area contributed by atoms with Crippen molar-refractivity contribution in [2.75, 3.05) is 0 Å². The maximum absolute atomic E-state index is 12.4. The Balaban J connectivity index is 1.80. The molecule has 3 aromatic rings. The Labute approximate surface area is 144 Å². The topological polar surface area (TPSA) is 42.0 Å². The Morgan fingerprint density at radius 2 is 1.83 bits per heavy atom. The highest BCUT2D eigenvalue weighted by Gasteiger charge is 2.14. The van der Waals surface area contributed by atoms with E-state index in [2.05, 4.69) is 10.3 Å². The predicted molar refractivity (Wildman–Crippen MR) is 94.1 cm³/mol. The van der Waals surface area contributed by atoms with Crippen LogP contribution in [0.4, 0.5) is 0 Å². The van der Waals surface area contributed by atoms with Crippen LogP contribution < -0.4 is 5.32 Å². The second kappa shape index (κ2) is 6.57. The summed E-state index contributed by atoms with van der Waals surface area (Å²) in [7, 11) is 0. The number of amides is 1. The van der Waals surface area contributed by atoms with Gasteiger partial charge in [-0.25, -0.2) is 4.98 Å². The lowest BCUT2D eigenvalue weighted by Crippen LogP contribution is -2.27. The molecule has 0 radical (unpaired) electrons. The number of pyridine rings is 1. The van der Waals surface area contributed by atoms with Gasteiger partial charge in [-0.2, -0.15) is 0 Å². The second-order valence-corrected chi connectivity index (χ2v) is 6.07. The van der Waals surface area contributed by atoms with E-state index in [1.165, 1.54) is 0 Å². The quantitative estimate of drug-likeness (QED) is 0.723. The molecule has 0 spiro atoms. The number of carbonyl (C=O) groups is 1. The number of hydrogen-bond acceptors (Lipinski definition) is 2. The molecule has 3 rings (SSSR count). The number of rotatable bonds is 3. The van der Waals surface area contributed by atoms with E-state index in [1.54, 1.807) is 18.2 Å². The van der Waals surface area contributed by atoms with Crippen LogP contribution in [0.25, 0.3) is 10.9 Å². The highest BCUT2D eigenvalue weighted by Crippen LogP contribution is 2.25. The summed E-state index contributed by atoms with van der Waals surface area (Å²) in [5, 5.41) is 4.88. The maximum atomic E-state index is 12.4. The van der Waals surface area contributed by atoms with Gasteiger partial charge in [0.15, 0.2) is 0 Å². The molecule has 5 heteroatoms. The molecule has 0 aliphatic carbocycles. The maximum Gasteiger partial charge on any atom is 0.270 e. The molecule has 1 aromatic heterocycles. The molecule has 116 valence electrons. The lowest BCUT2D eigenvalue weighted by Gasteiger charge is -2.15. The van der Waals surface area contributed by atoms with Crippen LogP contribution in [0.2, 0.25) is 10.0 Å². The first-order valence-electron chi connectivity index (χ1n) is 7.16. The minimum atomic E-state index is -0.227. The van der Waals surface area contributed by atoms with Crippen LogP contribution in [-0.4, -0.2) is 10.9 Å². The zero-order chi connectivity index (χ0) is 16.4. The van der Waals surface area contributed by atoms with E-state index < -0.39 is 0 Å².